The summed E-state index contributed by atoms with van der Waals surface area (Å²) in [5.41, 5.74) is 8.46. The zero-order valence-corrected chi connectivity index (χ0v) is 9.99. The van der Waals surface area contributed by atoms with E-state index < -0.39 is 0 Å². The minimum absolute atomic E-state index is 0.343. The van der Waals surface area contributed by atoms with E-state index in [0.29, 0.717) is 16.9 Å². The predicted molar refractivity (Wildman–Crippen MR) is 71.2 cm³/mol. The highest BCUT2D eigenvalue weighted by Crippen LogP contribution is 2.27. The van der Waals surface area contributed by atoms with Crippen LogP contribution in [0.15, 0.2) is 54.7 Å². The summed E-state index contributed by atoms with van der Waals surface area (Å²) < 4.78 is 15.0. The van der Waals surface area contributed by atoms with E-state index in [-0.39, 0.29) is 5.82 Å². The normalized spacial score (nSPS) is 10.6. The van der Waals surface area contributed by atoms with Crippen LogP contribution >= 0.6 is 0 Å². The molecule has 1 heterocycles. The van der Waals surface area contributed by atoms with Crippen molar-refractivity contribution >= 4 is 5.69 Å². The summed E-state index contributed by atoms with van der Waals surface area (Å²) >= 11 is 0. The van der Waals surface area contributed by atoms with Crippen LogP contribution in [0.1, 0.15) is 0 Å². The van der Waals surface area contributed by atoms with E-state index in [2.05, 4.69) is 10.3 Å². The van der Waals surface area contributed by atoms with E-state index in [1.165, 1.54) is 18.2 Å². The molecule has 0 spiro atoms. The number of aromatic nitrogens is 3. The highest BCUT2D eigenvalue weighted by Gasteiger charge is 2.12. The van der Waals surface area contributed by atoms with Gasteiger partial charge in [-0.05, 0) is 30.3 Å². The first-order valence-corrected chi connectivity index (χ1v) is 5.77. The molecule has 3 aromatic rings. The van der Waals surface area contributed by atoms with Crippen LogP contribution in [0.4, 0.5) is 10.1 Å². The number of nitrogen functional groups attached to an aromatic ring is 1. The van der Waals surface area contributed by atoms with Crippen molar-refractivity contribution in [1.82, 2.24) is 15.0 Å². The minimum atomic E-state index is -0.343. The van der Waals surface area contributed by atoms with Crippen LogP contribution in [0, 0.1) is 5.82 Å². The summed E-state index contributed by atoms with van der Waals surface area (Å²) in [7, 11) is 0. The number of rotatable bonds is 2. The molecule has 0 atom stereocenters. The lowest BCUT2D eigenvalue weighted by atomic mass is 10.1. The Balaban J connectivity index is 2.18. The molecule has 0 aliphatic carbocycles. The molecule has 2 N–H and O–H groups in total. The van der Waals surface area contributed by atoms with Gasteiger partial charge in [0.05, 0.1) is 17.6 Å². The van der Waals surface area contributed by atoms with Gasteiger partial charge in [-0.3, -0.25) is 0 Å². The van der Waals surface area contributed by atoms with E-state index in [4.69, 9.17) is 5.73 Å². The second kappa shape index (κ2) is 4.53. The fraction of sp³-hybridized carbons (Fsp3) is 0. The topological polar surface area (TPSA) is 56.7 Å². The number of benzene rings is 2. The van der Waals surface area contributed by atoms with Gasteiger partial charge < -0.3 is 5.73 Å². The summed E-state index contributed by atoms with van der Waals surface area (Å²) in [4.78, 5) is 0. The van der Waals surface area contributed by atoms with Crippen molar-refractivity contribution in [3.8, 4) is 16.9 Å². The van der Waals surface area contributed by atoms with Gasteiger partial charge in [0, 0.05) is 11.3 Å². The lowest BCUT2D eigenvalue weighted by Crippen LogP contribution is -2.01. The quantitative estimate of drug-likeness (QED) is 0.715. The monoisotopic (exact) mass is 254 g/mol. The summed E-state index contributed by atoms with van der Waals surface area (Å²) in [5.74, 6) is -0.343. The SMILES string of the molecule is Nc1ccc(F)cc1-c1cnnn1-c1ccccc1. The maximum absolute atomic E-state index is 13.4. The smallest absolute Gasteiger partial charge is 0.124 e. The molecule has 0 bridgehead atoms. The standard InChI is InChI=1S/C14H11FN4/c15-10-6-7-13(16)12(8-10)14-9-17-18-19(14)11-4-2-1-3-5-11/h1-9H,16H2. The molecule has 0 fully saturated rings. The van der Waals surface area contributed by atoms with Crippen LogP contribution in [-0.2, 0) is 0 Å². The molecular weight excluding hydrogens is 243 g/mol. The number of nitrogens with zero attached hydrogens (tertiary/aromatic N) is 3. The fourth-order valence-corrected chi connectivity index (χ4v) is 1.93. The van der Waals surface area contributed by atoms with Crippen molar-refractivity contribution in [3.05, 3.63) is 60.5 Å². The molecule has 1 aromatic heterocycles. The number of hydrogen-bond acceptors (Lipinski definition) is 3. The Hall–Kier alpha value is -2.69. The largest absolute Gasteiger partial charge is 0.398 e. The van der Waals surface area contributed by atoms with Crippen LogP contribution in [0.5, 0.6) is 0 Å². The third-order valence-corrected chi connectivity index (χ3v) is 2.84. The maximum atomic E-state index is 13.4. The summed E-state index contributed by atoms with van der Waals surface area (Å²) in [6.45, 7) is 0. The molecular formula is C14H11FN4. The molecule has 3 rings (SSSR count). The van der Waals surface area contributed by atoms with Gasteiger partial charge in [-0.1, -0.05) is 23.4 Å². The Morgan fingerprint density at radius 1 is 1.05 bits per heavy atom. The van der Waals surface area contributed by atoms with Crippen LogP contribution in [0.25, 0.3) is 16.9 Å². The highest BCUT2D eigenvalue weighted by atomic mass is 19.1. The molecule has 19 heavy (non-hydrogen) atoms. The molecule has 0 amide bonds. The van der Waals surface area contributed by atoms with Crippen molar-refractivity contribution in [2.75, 3.05) is 5.73 Å². The Bertz CT molecular complexity index is 706. The molecule has 0 unspecified atom stereocenters. The number of anilines is 1. The van der Waals surface area contributed by atoms with Crippen molar-refractivity contribution < 1.29 is 4.39 Å². The van der Waals surface area contributed by atoms with Gasteiger partial charge in [-0.2, -0.15) is 0 Å². The summed E-state index contributed by atoms with van der Waals surface area (Å²) in [5, 5.41) is 7.90. The zero-order chi connectivity index (χ0) is 13.2. The van der Waals surface area contributed by atoms with Crippen molar-refractivity contribution in [3.63, 3.8) is 0 Å². The number of halogens is 1. The van der Waals surface area contributed by atoms with Gasteiger partial charge in [0.1, 0.15) is 5.82 Å². The molecule has 0 saturated carbocycles. The number of para-hydroxylation sites is 1. The maximum Gasteiger partial charge on any atom is 0.124 e. The fourth-order valence-electron chi connectivity index (χ4n) is 1.93. The van der Waals surface area contributed by atoms with Gasteiger partial charge >= 0.3 is 0 Å². The number of hydrogen-bond donors (Lipinski definition) is 1. The van der Waals surface area contributed by atoms with E-state index in [0.717, 1.165) is 5.69 Å². The van der Waals surface area contributed by atoms with E-state index in [1.807, 2.05) is 30.3 Å². The Kier molecular flexibility index (Phi) is 2.72. The van der Waals surface area contributed by atoms with Crippen molar-refractivity contribution in [2.24, 2.45) is 0 Å². The second-order valence-electron chi connectivity index (χ2n) is 4.10. The van der Waals surface area contributed by atoms with E-state index in [9.17, 15) is 4.39 Å². The minimum Gasteiger partial charge on any atom is -0.398 e. The van der Waals surface area contributed by atoms with Gasteiger partial charge in [-0.15, -0.1) is 5.10 Å². The van der Waals surface area contributed by atoms with Crippen LogP contribution < -0.4 is 5.73 Å². The van der Waals surface area contributed by atoms with Gasteiger partial charge in [0.2, 0.25) is 0 Å². The molecule has 5 heteroatoms. The average molecular weight is 254 g/mol. The zero-order valence-electron chi connectivity index (χ0n) is 9.99. The lowest BCUT2D eigenvalue weighted by molar-refractivity contribution is 0.628. The second-order valence-corrected chi connectivity index (χ2v) is 4.10. The third kappa shape index (κ3) is 2.06. The van der Waals surface area contributed by atoms with Gasteiger partial charge in [-0.25, -0.2) is 9.07 Å². The Morgan fingerprint density at radius 3 is 2.63 bits per heavy atom. The van der Waals surface area contributed by atoms with E-state index in [1.54, 1.807) is 10.9 Å². The molecule has 94 valence electrons. The third-order valence-electron chi connectivity index (χ3n) is 2.84. The van der Waals surface area contributed by atoms with E-state index >= 15 is 0 Å². The molecule has 0 aliphatic rings. The van der Waals surface area contributed by atoms with Gasteiger partial charge in [0.15, 0.2) is 0 Å². The Labute approximate surface area is 109 Å². The lowest BCUT2D eigenvalue weighted by Gasteiger charge is -2.08. The molecule has 0 saturated heterocycles. The number of nitrogens with two attached hydrogens (primary N) is 1. The average Bonchev–Trinajstić information content (AvgIpc) is 2.91. The highest BCUT2D eigenvalue weighted by molar-refractivity contribution is 5.74. The first kappa shape index (κ1) is 11.4. The van der Waals surface area contributed by atoms with Crippen LogP contribution in [0.2, 0.25) is 0 Å². The van der Waals surface area contributed by atoms with Gasteiger partial charge in [0.25, 0.3) is 0 Å². The van der Waals surface area contributed by atoms with Crippen LogP contribution in [0.3, 0.4) is 0 Å². The molecule has 2 aromatic carbocycles. The first-order valence-electron chi connectivity index (χ1n) is 5.77. The van der Waals surface area contributed by atoms with Crippen LogP contribution in [-0.4, -0.2) is 15.0 Å². The molecule has 0 radical (unpaired) electrons. The molecule has 0 aliphatic heterocycles. The predicted octanol–water partition coefficient (Wildman–Crippen LogP) is 2.66. The summed E-state index contributed by atoms with van der Waals surface area (Å²) in [6.07, 6.45) is 1.57. The van der Waals surface area contributed by atoms with Crippen molar-refractivity contribution in [1.29, 1.82) is 0 Å². The van der Waals surface area contributed by atoms with Crippen molar-refractivity contribution in [2.45, 2.75) is 0 Å². The Morgan fingerprint density at radius 2 is 1.84 bits per heavy atom. The first-order chi connectivity index (χ1) is 9.25. The summed E-state index contributed by atoms with van der Waals surface area (Å²) in [6, 6.07) is 13.7. The molecule has 4 nitrogen and oxygen atoms in total.